The number of hydrogen-bond acceptors (Lipinski definition) is 3. The van der Waals surface area contributed by atoms with Gasteiger partial charge in [0.25, 0.3) is 0 Å². The number of methoxy groups -OCH3 is 1. The molecule has 0 saturated carbocycles. The molecule has 0 aliphatic heterocycles. The van der Waals surface area contributed by atoms with Gasteiger partial charge in [0.1, 0.15) is 12.8 Å². The molecule has 3 aromatic carbocycles. The van der Waals surface area contributed by atoms with Gasteiger partial charge in [0, 0.05) is 5.56 Å². The van der Waals surface area contributed by atoms with Crippen LogP contribution in [0, 0.1) is 13.8 Å². The summed E-state index contributed by atoms with van der Waals surface area (Å²) in [5.41, 5.74) is 7.15. The van der Waals surface area contributed by atoms with Gasteiger partial charge in [-0.2, -0.15) is 4.57 Å². The minimum Gasteiger partial charge on any atom is -0.493 e. The van der Waals surface area contributed by atoms with Crippen molar-refractivity contribution in [1.29, 1.82) is 0 Å². The SMILES string of the molecule is COc1cc2c(-c3c(C)cccc3C)c3ccc(OC(C)C)cc3[n+](C)c2cc1OC(C)C. The molecule has 0 bridgehead atoms. The molecule has 0 spiro atoms. The van der Waals surface area contributed by atoms with Crippen molar-refractivity contribution in [1.82, 2.24) is 0 Å². The predicted molar refractivity (Wildman–Crippen MR) is 136 cm³/mol. The highest BCUT2D eigenvalue weighted by Crippen LogP contribution is 2.42. The van der Waals surface area contributed by atoms with Gasteiger partial charge in [0.15, 0.2) is 11.5 Å². The number of rotatable bonds is 6. The average molecular weight is 445 g/mol. The van der Waals surface area contributed by atoms with E-state index in [9.17, 15) is 0 Å². The maximum atomic E-state index is 6.12. The van der Waals surface area contributed by atoms with E-state index in [0.29, 0.717) is 0 Å². The van der Waals surface area contributed by atoms with Crippen molar-refractivity contribution in [2.75, 3.05) is 7.11 Å². The third-order valence-corrected chi connectivity index (χ3v) is 5.98. The second-order valence-electron chi connectivity index (χ2n) is 9.23. The normalized spacial score (nSPS) is 11.6. The maximum absolute atomic E-state index is 6.12. The topological polar surface area (TPSA) is 31.6 Å². The molecule has 0 aliphatic carbocycles. The zero-order valence-corrected chi connectivity index (χ0v) is 20.9. The van der Waals surface area contributed by atoms with Crippen LogP contribution in [0.3, 0.4) is 0 Å². The monoisotopic (exact) mass is 444 g/mol. The van der Waals surface area contributed by atoms with Gasteiger partial charge in [0.05, 0.1) is 42.2 Å². The van der Waals surface area contributed by atoms with Gasteiger partial charge in [-0.15, -0.1) is 0 Å². The zero-order chi connectivity index (χ0) is 23.9. The summed E-state index contributed by atoms with van der Waals surface area (Å²) < 4.78 is 20.1. The van der Waals surface area contributed by atoms with Crippen LogP contribution in [0.2, 0.25) is 0 Å². The zero-order valence-electron chi connectivity index (χ0n) is 20.9. The summed E-state index contributed by atoms with van der Waals surface area (Å²) in [4.78, 5) is 0. The summed E-state index contributed by atoms with van der Waals surface area (Å²) in [5.74, 6) is 2.35. The van der Waals surface area contributed by atoms with Gasteiger partial charge >= 0.3 is 0 Å². The fourth-order valence-electron chi connectivity index (χ4n) is 4.63. The molecule has 4 rings (SSSR count). The van der Waals surface area contributed by atoms with Gasteiger partial charge in [0.2, 0.25) is 11.0 Å². The minimum absolute atomic E-state index is 0.0474. The lowest BCUT2D eigenvalue weighted by Gasteiger charge is -2.18. The molecule has 33 heavy (non-hydrogen) atoms. The molecule has 4 aromatic rings. The Kier molecular flexibility index (Phi) is 6.20. The van der Waals surface area contributed by atoms with Crippen molar-refractivity contribution in [3.8, 4) is 28.4 Å². The number of ether oxygens (including phenoxy) is 3. The highest BCUT2D eigenvalue weighted by molar-refractivity contribution is 6.09. The van der Waals surface area contributed by atoms with Crippen LogP contribution in [0.4, 0.5) is 0 Å². The number of benzene rings is 3. The first-order valence-electron chi connectivity index (χ1n) is 11.6. The molecular formula is C29H34NO3+. The van der Waals surface area contributed by atoms with E-state index in [1.807, 2.05) is 13.8 Å². The second-order valence-corrected chi connectivity index (χ2v) is 9.23. The molecule has 0 unspecified atom stereocenters. The first-order chi connectivity index (χ1) is 15.7. The number of aromatic nitrogens is 1. The van der Waals surface area contributed by atoms with E-state index < -0.39 is 0 Å². The van der Waals surface area contributed by atoms with Gasteiger partial charge in [-0.05, 0) is 76.4 Å². The van der Waals surface area contributed by atoms with Crippen LogP contribution >= 0.6 is 0 Å². The Balaban J connectivity index is 2.18. The van der Waals surface area contributed by atoms with E-state index in [4.69, 9.17) is 14.2 Å². The second kappa shape index (κ2) is 8.93. The largest absolute Gasteiger partial charge is 0.493 e. The smallest absolute Gasteiger partial charge is 0.217 e. The number of fused-ring (bicyclic) bond motifs is 2. The highest BCUT2D eigenvalue weighted by Gasteiger charge is 2.24. The Morgan fingerprint density at radius 3 is 1.94 bits per heavy atom. The molecule has 0 saturated heterocycles. The summed E-state index contributed by atoms with van der Waals surface area (Å²) >= 11 is 0. The minimum atomic E-state index is 0.0474. The summed E-state index contributed by atoms with van der Waals surface area (Å²) in [6.45, 7) is 12.5. The van der Waals surface area contributed by atoms with Crippen LogP contribution in [0.5, 0.6) is 17.2 Å². The Morgan fingerprint density at radius 1 is 0.697 bits per heavy atom. The third kappa shape index (κ3) is 4.22. The van der Waals surface area contributed by atoms with Crippen LogP contribution in [0.1, 0.15) is 38.8 Å². The number of aryl methyl sites for hydroxylation is 3. The van der Waals surface area contributed by atoms with Crippen molar-refractivity contribution >= 4 is 21.8 Å². The fraction of sp³-hybridized carbons (Fsp3) is 0.345. The summed E-state index contributed by atoms with van der Waals surface area (Å²) in [7, 11) is 3.80. The van der Waals surface area contributed by atoms with Crippen LogP contribution in [-0.4, -0.2) is 19.3 Å². The molecular weight excluding hydrogens is 410 g/mol. The Bertz CT molecular complexity index is 1320. The van der Waals surface area contributed by atoms with E-state index in [0.717, 1.165) is 33.7 Å². The lowest BCUT2D eigenvalue weighted by Crippen LogP contribution is -2.30. The summed E-state index contributed by atoms with van der Waals surface area (Å²) in [5, 5.41) is 2.31. The molecule has 4 heteroatoms. The molecule has 0 aliphatic rings. The standard InChI is InChI=1S/C29H34NO3/c1-17(2)32-21-12-13-22-24(14-21)30(7)25-16-27(33-18(3)4)26(31-8)15-23(25)29(22)28-19(5)10-9-11-20(28)6/h9-18H,1-8H3/q+1. The van der Waals surface area contributed by atoms with Crippen LogP contribution in [-0.2, 0) is 7.05 Å². The van der Waals surface area contributed by atoms with Crippen molar-refractivity contribution in [3.63, 3.8) is 0 Å². The van der Waals surface area contributed by atoms with Crippen molar-refractivity contribution in [2.24, 2.45) is 7.05 Å². The molecule has 172 valence electrons. The van der Waals surface area contributed by atoms with Crippen molar-refractivity contribution < 1.29 is 18.8 Å². The lowest BCUT2D eigenvalue weighted by atomic mass is 9.89. The summed E-state index contributed by atoms with van der Waals surface area (Å²) in [6.07, 6.45) is 0.160. The predicted octanol–water partition coefficient (Wildman–Crippen LogP) is 6.68. The molecule has 4 nitrogen and oxygen atoms in total. The highest BCUT2D eigenvalue weighted by atomic mass is 16.5. The molecule has 0 amide bonds. The van der Waals surface area contributed by atoms with Gasteiger partial charge in [-0.3, -0.25) is 0 Å². The lowest BCUT2D eigenvalue weighted by molar-refractivity contribution is -0.617. The Labute approximate surface area is 196 Å². The fourth-order valence-corrected chi connectivity index (χ4v) is 4.63. The first-order valence-corrected chi connectivity index (χ1v) is 11.6. The van der Waals surface area contributed by atoms with E-state index in [1.165, 1.54) is 27.6 Å². The molecule has 1 heterocycles. The van der Waals surface area contributed by atoms with Crippen molar-refractivity contribution in [3.05, 3.63) is 59.7 Å². The van der Waals surface area contributed by atoms with Gasteiger partial charge < -0.3 is 14.2 Å². The number of nitrogens with zero attached hydrogens (tertiary/aromatic N) is 1. The van der Waals surface area contributed by atoms with Gasteiger partial charge in [-0.1, -0.05) is 18.2 Å². The van der Waals surface area contributed by atoms with E-state index in [-0.39, 0.29) is 12.2 Å². The Hall–Kier alpha value is -3.27. The quantitative estimate of drug-likeness (QED) is 0.245. The first kappa shape index (κ1) is 22.9. The molecule has 1 aromatic heterocycles. The molecule has 0 atom stereocenters. The van der Waals surface area contributed by atoms with Crippen LogP contribution in [0.25, 0.3) is 32.9 Å². The molecule has 0 fully saturated rings. The van der Waals surface area contributed by atoms with E-state index in [1.54, 1.807) is 7.11 Å². The maximum Gasteiger partial charge on any atom is 0.217 e. The van der Waals surface area contributed by atoms with Crippen LogP contribution in [0.15, 0.2) is 48.5 Å². The third-order valence-electron chi connectivity index (χ3n) is 5.98. The van der Waals surface area contributed by atoms with Crippen molar-refractivity contribution in [2.45, 2.75) is 53.8 Å². The Morgan fingerprint density at radius 2 is 1.33 bits per heavy atom. The number of pyridine rings is 1. The average Bonchev–Trinajstić information content (AvgIpc) is 2.75. The molecule has 0 N–H and O–H groups in total. The van der Waals surface area contributed by atoms with E-state index in [2.05, 4.69) is 87.8 Å². The molecule has 0 radical (unpaired) electrons. The van der Waals surface area contributed by atoms with Gasteiger partial charge in [-0.25, -0.2) is 0 Å². The van der Waals surface area contributed by atoms with E-state index >= 15 is 0 Å². The summed E-state index contributed by atoms with van der Waals surface area (Å²) in [6, 6.07) is 17.1. The number of hydrogen-bond donors (Lipinski definition) is 0. The van der Waals surface area contributed by atoms with Crippen LogP contribution < -0.4 is 18.8 Å².